The van der Waals surface area contributed by atoms with Gasteiger partial charge in [0.2, 0.25) is 0 Å². The minimum absolute atomic E-state index is 0. The van der Waals surface area contributed by atoms with Crippen molar-refractivity contribution in [3.05, 3.63) is 29.3 Å². The van der Waals surface area contributed by atoms with Crippen LogP contribution in [-0.2, 0) is 6.42 Å². The number of halogens is 1. The van der Waals surface area contributed by atoms with E-state index in [1.54, 1.807) is 0 Å². The molecule has 0 saturated carbocycles. The molecule has 1 unspecified atom stereocenters. The normalized spacial score (nSPS) is 22.4. The molecule has 1 aromatic carbocycles. The zero-order valence-electron chi connectivity index (χ0n) is 12.2. The van der Waals surface area contributed by atoms with E-state index in [0.29, 0.717) is 26.2 Å². The van der Waals surface area contributed by atoms with Gasteiger partial charge < -0.3 is 20.4 Å². The number of benzene rings is 1. The molecule has 7 heteroatoms. The van der Waals surface area contributed by atoms with Crippen LogP contribution in [0, 0.1) is 0 Å². The topological polar surface area (TPSA) is 64.7 Å². The zero-order chi connectivity index (χ0) is 14.4. The standard InChI is InChI=1S/C15H18N4O2.ClH/c20-14(11-1-2-13-10(7-11)3-4-16-13)18-5-6-19-12(9-18)8-17-15(19)21;/h1-2,7,12,16H,3-6,8-9H2,(H,17,21);1H. The van der Waals surface area contributed by atoms with Crippen molar-refractivity contribution in [2.24, 2.45) is 0 Å². The van der Waals surface area contributed by atoms with E-state index < -0.39 is 0 Å². The fourth-order valence-corrected chi connectivity index (χ4v) is 3.41. The fourth-order valence-electron chi connectivity index (χ4n) is 3.41. The van der Waals surface area contributed by atoms with Crippen LogP contribution in [0.3, 0.4) is 0 Å². The summed E-state index contributed by atoms with van der Waals surface area (Å²) in [6, 6.07) is 6.00. The van der Waals surface area contributed by atoms with Crippen LogP contribution in [0.15, 0.2) is 18.2 Å². The molecule has 118 valence electrons. The van der Waals surface area contributed by atoms with E-state index in [2.05, 4.69) is 10.6 Å². The summed E-state index contributed by atoms with van der Waals surface area (Å²) in [7, 11) is 0. The molecule has 2 N–H and O–H groups in total. The lowest BCUT2D eigenvalue weighted by Crippen LogP contribution is -2.53. The Kier molecular flexibility index (Phi) is 3.87. The molecule has 3 amide bonds. The lowest BCUT2D eigenvalue weighted by atomic mass is 10.1. The van der Waals surface area contributed by atoms with E-state index in [1.807, 2.05) is 28.0 Å². The summed E-state index contributed by atoms with van der Waals surface area (Å²) in [5.74, 6) is 0.0729. The van der Waals surface area contributed by atoms with E-state index in [9.17, 15) is 9.59 Å². The minimum atomic E-state index is -0.00398. The van der Waals surface area contributed by atoms with Gasteiger partial charge >= 0.3 is 6.03 Å². The first-order chi connectivity index (χ1) is 10.2. The lowest BCUT2D eigenvalue weighted by Gasteiger charge is -2.36. The highest BCUT2D eigenvalue weighted by molar-refractivity contribution is 5.95. The third-order valence-corrected chi connectivity index (χ3v) is 4.58. The molecule has 2 fully saturated rings. The maximum absolute atomic E-state index is 12.7. The summed E-state index contributed by atoms with van der Waals surface area (Å²) >= 11 is 0. The van der Waals surface area contributed by atoms with Crippen LogP contribution in [0.4, 0.5) is 10.5 Å². The number of anilines is 1. The van der Waals surface area contributed by atoms with Crippen molar-refractivity contribution >= 4 is 30.0 Å². The molecule has 0 aromatic heterocycles. The molecular weight excluding hydrogens is 304 g/mol. The highest BCUT2D eigenvalue weighted by Gasteiger charge is 2.37. The first-order valence-corrected chi connectivity index (χ1v) is 7.43. The van der Waals surface area contributed by atoms with Crippen molar-refractivity contribution in [1.82, 2.24) is 15.1 Å². The lowest BCUT2D eigenvalue weighted by molar-refractivity contribution is 0.0617. The Bertz CT molecular complexity index is 622. The Morgan fingerprint density at radius 3 is 2.95 bits per heavy atom. The van der Waals surface area contributed by atoms with Crippen molar-refractivity contribution in [3.8, 4) is 0 Å². The van der Waals surface area contributed by atoms with E-state index in [4.69, 9.17) is 0 Å². The SMILES string of the molecule is Cl.O=C(c1ccc2c(c1)CCN2)N1CCN2C(=O)NCC2C1. The smallest absolute Gasteiger partial charge is 0.317 e. The van der Waals surface area contributed by atoms with Crippen LogP contribution in [0.1, 0.15) is 15.9 Å². The second-order valence-corrected chi connectivity index (χ2v) is 5.83. The first-order valence-electron chi connectivity index (χ1n) is 7.43. The molecule has 3 aliphatic rings. The van der Waals surface area contributed by atoms with E-state index in [1.165, 1.54) is 5.56 Å². The van der Waals surface area contributed by atoms with Gasteiger partial charge in [0.25, 0.3) is 5.91 Å². The highest BCUT2D eigenvalue weighted by Crippen LogP contribution is 2.24. The number of rotatable bonds is 1. The van der Waals surface area contributed by atoms with Crippen molar-refractivity contribution < 1.29 is 9.59 Å². The molecule has 0 radical (unpaired) electrons. The Balaban J connectivity index is 0.00000144. The predicted octanol–water partition coefficient (Wildman–Crippen LogP) is 0.926. The second-order valence-electron chi connectivity index (χ2n) is 5.83. The molecule has 22 heavy (non-hydrogen) atoms. The van der Waals surface area contributed by atoms with E-state index in [-0.39, 0.29) is 30.4 Å². The van der Waals surface area contributed by atoms with Gasteiger partial charge in [-0.2, -0.15) is 0 Å². The molecule has 0 bridgehead atoms. The number of fused-ring (bicyclic) bond motifs is 2. The van der Waals surface area contributed by atoms with Crippen LogP contribution < -0.4 is 10.6 Å². The van der Waals surface area contributed by atoms with Crippen molar-refractivity contribution in [2.75, 3.05) is 38.0 Å². The molecule has 3 aliphatic heterocycles. The zero-order valence-corrected chi connectivity index (χ0v) is 13.0. The summed E-state index contributed by atoms with van der Waals surface area (Å²) in [5.41, 5.74) is 3.11. The molecule has 4 rings (SSSR count). The molecule has 3 heterocycles. The van der Waals surface area contributed by atoms with Gasteiger partial charge in [0.1, 0.15) is 0 Å². The monoisotopic (exact) mass is 322 g/mol. The number of hydrogen-bond donors (Lipinski definition) is 2. The average molecular weight is 323 g/mol. The average Bonchev–Trinajstić information content (AvgIpc) is 3.12. The Morgan fingerprint density at radius 2 is 2.09 bits per heavy atom. The Morgan fingerprint density at radius 1 is 1.23 bits per heavy atom. The van der Waals surface area contributed by atoms with Crippen molar-refractivity contribution in [3.63, 3.8) is 0 Å². The third kappa shape index (κ3) is 2.37. The highest BCUT2D eigenvalue weighted by atomic mass is 35.5. The minimum Gasteiger partial charge on any atom is -0.384 e. The van der Waals surface area contributed by atoms with Gasteiger partial charge in [-0.25, -0.2) is 4.79 Å². The van der Waals surface area contributed by atoms with Crippen LogP contribution in [0.25, 0.3) is 0 Å². The number of carbonyl (C=O) groups is 2. The maximum atomic E-state index is 12.7. The predicted molar refractivity (Wildman–Crippen MR) is 85.7 cm³/mol. The number of carbonyl (C=O) groups excluding carboxylic acids is 2. The molecule has 6 nitrogen and oxygen atoms in total. The summed E-state index contributed by atoms with van der Waals surface area (Å²) in [6.07, 6.45) is 0.977. The largest absolute Gasteiger partial charge is 0.384 e. The van der Waals surface area contributed by atoms with Gasteiger partial charge in [0.15, 0.2) is 0 Å². The molecule has 2 saturated heterocycles. The number of piperazine rings is 1. The van der Waals surface area contributed by atoms with E-state index >= 15 is 0 Å². The summed E-state index contributed by atoms with van der Waals surface area (Å²) < 4.78 is 0. The van der Waals surface area contributed by atoms with Gasteiger partial charge in [-0.05, 0) is 30.2 Å². The summed E-state index contributed by atoms with van der Waals surface area (Å²) in [4.78, 5) is 27.9. The van der Waals surface area contributed by atoms with Crippen molar-refractivity contribution in [2.45, 2.75) is 12.5 Å². The number of urea groups is 1. The molecule has 1 atom stereocenters. The quantitative estimate of drug-likeness (QED) is 0.808. The van der Waals surface area contributed by atoms with Gasteiger partial charge in [0.05, 0.1) is 6.04 Å². The number of nitrogens with one attached hydrogen (secondary N) is 2. The van der Waals surface area contributed by atoms with Crippen molar-refractivity contribution in [1.29, 1.82) is 0 Å². The van der Waals surface area contributed by atoms with E-state index in [0.717, 1.165) is 24.2 Å². The van der Waals surface area contributed by atoms with Crippen LogP contribution >= 0.6 is 12.4 Å². The number of hydrogen-bond acceptors (Lipinski definition) is 3. The van der Waals surface area contributed by atoms with Crippen LogP contribution in [-0.4, -0.2) is 60.5 Å². The Hall–Kier alpha value is -1.95. The van der Waals surface area contributed by atoms with Gasteiger partial charge in [0, 0.05) is 44.0 Å². The maximum Gasteiger partial charge on any atom is 0.317 e. The third-order valence-electron chi connectivity index (χ3n) is 4.58. The summed E-state index contributed by atoms with van der Waals surface area (Å²) in [6.45, 7) is 3.43. The van der Waals surface area contributed by atoms with Gasteiger partial charge in [-0.15, -0.1) is 12.4 Å². The fraction of sp³-hybridized carbons (Fsp3) is 0.467. The van der Waals surface area contributed by atoms with Gasteiger partial charge in [-0.1, -0.05) is 0 Å². The van der Waals surface area contributed by atoms with Crippen LogP contribution in [0.5, 0.6) is 0 Å². The Labute approximate surface area is 135 Å². The van der Waals surface area contributed by atoms with Crippen LogP contribution in [0.2, 0.25) is 0 Å². The number of amides is 3. The molecule has 1 aromatic rings. The molecule has 0 aliphatic carbocycles. The van der Waals surface area contributed by atoms with Gasteiger partial charge in [-0.3, -0.25) is 4.79 Å². The molecule has 0 spiro atoms. The molecular formula is C15H19ClN4O2. The number of nitrogens with zero attached hydrogens (tertiary/aromatic N) is 2. The second kappa shape index (κ2) is 5.68. The summed E-state index contributed by atoms with van der Waals surface area (Å²) in [5, 5.41) is 6.14. The first kappa shape index (κ1) is 15.0.